The number of nitrogens with two attached hydrogens (primary N) is 1. The van der Waals surface area contributed by atoms with Crippen molar-refractivity contribution in [1.29, 1.82) is 0 Å². The summed E-state index contributed by atoms with van der Waals surface area (Å²) in [6.45, 7) is 0. The molecule has 2 rings (SSSR count). The van der Waals surface area contributed by atoms with E-state index in [9.17, 15) is 9.18 Å². The summed E-state index contributed by atoms with van der Waals surface area (Å²) in [5, 5.41) is 0. The minimum atomic E-state index is -0.572. The molecule has 4 heteroatoms. The fourth-order valence-corrected chi connectivity index (χ4v) is 1.35. The number of carbonyl (C=O) groups excluding carboxylic acids is 1. The minimum absolute atomic E-state index is 0.273. The Morgan fingerprint density at radius 3 is 2.72 bits per heavy atom. The van der Waals surface area contributed by atoms with Gasteiger partial charge in [0.2, 0.25) is 5.91 Å². The lowest BCUT2D eigenvalue weighted by molar-refractivity contribution is 0.1000. The zero-order valence-corrected chi connectivity index (χ0v) is 9.35. The highest BCUT2D eigenvalue weighted by molar-refractivity contribution is 5.92. The van der Waals surface area contributed by atoms with Crippen LogP contribution >= 0.6 is 0 Å². The number of halogens is 1. The molecule has 0 saturated carbocycles. The van der Waals surface area contributed by atoms with Crippen molar-refractivity contribution in [3.8, 4) is 11.8 Å². The smallest absolute Gasteiger partial charge is 0.250 e. The van der Waals surface area contributed by atoms with Gasteiger partial charge >= 0.3 is 0 Å². The number of nitrogens with zero attached hydrogens (tertiary/aromatic N) is 1. The average Bonchev–Trinajstić information content (AvgIpc) is 2.38. The molecule has 1 heterocycles. The summed E-state index contributed by atoms with van der Waals surface area (Å²) in [4.78, 5) is 14.8. The zero-order valence-electron chi connectivity index (χ0n) is 9.35. The Labute approximate surface area is 103 Å². The number of benzene rings is 1. The van der Waals surface area contributed by atoms with Crippen molar-refractivity contribution in [2.45, 2.75) is 0 Å². The molecule has 1 amide bonds. The Bertz CT molecular complexity index is 656. The summed E-state index contributed by atoms with van der Waals surface area (Å²) in [6, 6.07) is 7.72. The lowest BCUT2D eigenvalue weighted by Gasteiger charge is -1.95. The second-order valence-electron chi connectivity index (χ2n) is 3.56. The Morgan fingerprint density at radius 2 is 2.00 bits per heavy atom. The highest BCUT2D eigenvalue weighted by atomic mass is 19.1. The first-order chi connectivity index (χ1) is 8.66. The van der Waals surface area contributed by atoms with E-state index in [4.69, 9.17) is 5.73 Å². The first-order valence-corrected chi connectivity index (χ1v) is 5.18. The summed E-state index contributed by atoms with van der Waals surface area (Å²) in [6.07, 6.45) is 2.84. The maximum Gasteiger partial charge on any atom is 0.250 e. The van der Waals surface area contributed by atoms with Gasteiger partial charge in [0.1, 0.15) is 5.82 Å². The second-order valence-corrected chi connectivity index (χ2v) is 3.56. The van der Waals surface area contributed by atoms with Crippen LogP contribution in [-0.2, 0) is 0 Å². The molecular weight excluding hydrogens is 231 g/mol. The van der Waals surface area contributed by atoms with Crippen LogP contribution in [0.25, 0.3) is 0 Å². The summed E-state index contributed by atoms with van der Waals surface area (Å²) < 4.78 is 13.3. The van der Waals surface area contributed by atoms with Gasteiger partial charge in [0.25, 0.3) is 0 Å². The molecule has 0 saturated heterocycles. The zero-order chi connectivity index (χ0) is 13.0. The quantitative estimate of drug-likeness (QED) is 0.771. The van der Waals surface area contributed by atoms with Crippen molar-refractivity contribution in [2.75, 3.05) is 0 Å². The SMILES string of the molecule is NC(=O)c1cncc(C#Cc2ccccc2F)c1. The van der Waals surface area contributed by atoms with E-state index in [1.54, 1.807) is 18.2 Å². The third-order valence-electron chi connectivity index (χ3n) is 2.24. The normalized spacial score (nSPS) is 9.39. The molecule has 0 radical (unpaired) electrons. The van der Waals surface area contributed by atoms with Gasteiger partial charge in [-0.3, -0.25) is 9.78 Å². The largest absolute Gasteiger partial charge is 0.366 e. The Hall–Kier alpha value is -2.67. The fourth-order valence-electron chi connectivity index (χ4n) is 1.35. The topological polar surface area (TPSA) is 56.0 Å². The summed E-state index contributed by atoms with van der Waals surface area (Å²) in [5.41, 5.74) is 6.20. The monoisotopic (exact) mass is 240 g/mol. The molecule has 88 valence electrons. The summed E-state index contributed by atoms with van der Waals surface area (Å²) >= 11 is 0. The number of rotatable bonds is 1. The molecule has 0 aliphatic rings. The van der Waals surface area contributed by atoms with Gasteiger partial charge in [0.15, 0.2) is 0 Å². The van der Waals surface area contributed by atoms with Crippen molar-refractivity contribution in [2.24, 2.45) is 5.73 Å². The van der Waals surface area contributed by atoms with E-state index in [1.165, 1.54) is 24.5 Å². The van der Waals surface area contributed by atoms with Gasteiger partial charge in [-0.2, -0.15) is 0 Å². The van der Waals surface area contributed by atoms with Gasteiger partial charge in [-0.05, 0) is 18.2 Å². The predicted molar refractivity (Wildman–Crippen MR) is 65.1 cm³/mol. The Balaban J connectivity index is 2.33. The van der Waals surface area contributed by atoms with E-state index >= 15 is 0 Å². The van der Waals surface area contributed by atoms with Crippen LogP contribution in [0.15, 0.2) is 42.7 Å². The van der Waals surface area contributed by atoms with Crippen molar-refractivity contribution in [3.05, 3.63) is 65.2 Å². The maximum absolute atomic E-state index is 13.3. The van der Waals surface area contributed by atoms with Crippen LogP contribution in [0.4, 0.5) is 4.39 Å². The molecule has 0 atom stereocenters. The predicted octanol–water partition coefficient (Wildman–Crippen LogP) is 1.72. The number of carbonyl (C=O) groups is 1. The summed E-state index contributed by atoms with van der Waals surface area (Å²) in [5.74, 6) is 4.46. The highest BCUT2D eigenvalue weighted by Gasteiger charge is 2.00. The van der Waals surface area contributed by atoms with Gasteiger partial charge in [-0.15, -0.1) is 0 Å². The van der Waals surface area contributed by atoms with Crippen LogP contribution in [0, 0.1) is 17.7 Å². The molecule has 2 N–H and O–H groups in total. The standard InChI is InChI=1S/C14H9FN2O/c15-13-4-2-1-3-11(13)6-5-10-7-12(14(16)18)9-17-8-10/h1-4,7-9H,(H2,16,18). The van der Waals surface area contributed by atoms with Gasteiger partial charge < -0.3 is 5.73 Å². The molecule has 1 aromatic heterocycles. The Kier molecular flexibility index (Phi) is 3.35. The van der Waals surface area contributed by atoms with E-state index in [0.29, 0.717) is 11.1 Å². The molecule has 0 spiro atoms. The lowest BCUT2D eigenvalue weighted by Crippen LogP contribution is -2.11. The molecule has 0 aliphatic heterocycles. The van der Waals surface area contributed by atoms with E-state index in [2.05, 4.69) is 16.8 Å². The van der Waals surface area contributed by atoms with Gasteiger partial charge in [-0.25, -0.2) is 4.39 Å². The molecule has 1 aromatic carbocycles. The number of hydrogen-bond acceptors (Lipinski definition) is 2. The fraction of sp³-hybridized carbons (Fsp3) is 0. The lowest BCUT2D eigenvalue weighted by atomic mass is 10.1. The van der Waals surface area contributed by atoms with E-state index < -0.39 is 5.91 Å². The highest BCUT2D eigenvalue weighted by Crippen LogP contribution is 2.05. The van der Waals surface area contributed by atoms with Gasteiger partial charge in [-0.1, -0.05) is 24.0 Å². The maximum atomic E-state index is 13.3. The molecular formula is C14H9FN2O. The van der Waals surface area contributed by atoms with Crippen molar-refractivity contribution < 1.29 is 9.18 Å². The van der Waals surface area contributed by atoms with Gasteiger partial charge in [0, 0.05) is 18.0 Å². The number of hydrogen-bond donors (Lipinski definition) is 1. The number of aromatic nitrogens is 1. The molecule has 0 fully saturated rings. The number of primary amides is 1. The Morgan fingerprint density at radius 1 is 1.22 bits per heavy atom. The third-order valence-corrected chi connectivity index (χ3v) is 2.24. The average molecular weight is 240 g/mol. The van der Waals surface area contributed by atoms with Gasteiger partial charge in [0.05, 0.1) is 11.1 Å². The van der Waals surface area contributed by atoms with E-state index in [-0.39, 0.29) is 11.4 Å². The number of pyridine rings is 1. The van der Waals surface area contributed by atoms with Crippen LogP contribution in [0.2, 0.25) is 0 Å². The van der Waals surface area contributed by atoms with Crippen molar-refractivity contribution in [3.63, 3.8) is 0 Å². The van der Waals surface area contributed by atoms with Crippen LogP contribution in [0.5, 0.6) is 0 Å². The van der Waals surface area contributed by atoms with E-state index in [1.807, 2.05) is 0 Å². The first kappa shape index (κ1) is 11.8. The van der Waals surface area contributed by atoms with Crippen molar-refractivity contribution >= 4 is 5.91 Å². The molecule has 0 unspecified atom stereocenters. The molecule has 18 heavy (non-hydrogen) atoms. The van der Waals surface area contributed by atoms with Crippen LogP contribution in [0.3, 0.4) is 0 Å². The van der Waals surface area contributed by atoms with Crippen LogP contribution in [0.1, 0.15) is 21.5 Å². The van der Waals surface area contributed by atoms with Crippen molar-refractivity contribution in [1.82, 2.24) is 4.98 Å². The van der Waals surface area contributed by atoms with E-state index in [0.717, 1.165) is 0 Å². The number of amides is 1. The van der Waals surface area contributed by atoms with Crippen LogP contribution in [-0.4, -0.2) is 10.9 Å². The molecule has 3 nitrogen and oxygen atoms in total. The van der Waals surface area contributed by atoms with Crippen LogP contribution < -0.4 is 5.73 Å². The minimum Gasteiger partial charge on any atom is -0.366 e. The molecule has 2 aromatic rings. The first-order valence-electron chi connectivity index (χ1n) is 5.18. The third kappa shape index (κ3) is 2.71. The molecule has 0 aliphatic carbocycles. The molecule has 0 bridgehead atoms. The summed E-state index contributed by atoms with van der Waals surface area (Å²) in [7, 11) is 0. The second kappa shape index (κ2) is 5.11.